The maximum atomic E-state index is 12.2. The third kappa shape index (κ3) is 6.27. The highest BCUT2D eigenvalue weighted by atomic mass is 16.7. The predicted octanol–water partition coefficient (Wildman–Crippen LogP) is 3.70. The van der Waals surface area contributed by atoms with E-state index in [9.17, 15) is 14.4 Å². The second-order valence-corrected chi connectivity index (χ2v) is 7.42. The van der Waals surface area contributed by atoms with Crippen molar-refractivity contribution < 1.29 is 23.8 Å². The van der Waals surface area contributed by atoms with Crippen molar-refractivity contribution in [1.82, 2.24) is 4.90 Å². The zero-order valence-corrected chi connectivity index (χ0v) is 16.3. The summed E-state index contributed by atoms with van der Waals surface area (Å²) >= 11 is 0. The fraction of sp³-hybridized carbons (Fsp3) is 0.550. The van der Waals surface area contributed by atoms with Crippen LogP contribution < -0.4 is 10.2 Å². The monoisotopic (exact) mass is 377 g/mol. The summed E-state index contributed by atoms with van der Waals surface area (Å²) in [6.45, 7) is 8.52. The highest BCUT2D eigenvalue weighted by molar-refractivity contribution is 5.67. The van der Waals surface area contributed by atoms with Crippen molar-refractivity contribution in [3.8, 4) is 5.75 Å². The Morgan fingerprint density at radius 3 is 2.33 bits per heavy atom. The third-order valence-corrected chi connectivity index (χ3v) is 4.17. The van der Waals surface area contributed by atoms with Gasteiger partial charge in [-0.2, -0.15) is 0 Å². The van der Waals surface area contributed by atoms with Crippen LogP contribution in [-0.2, 0) is 9.47 Å². The number of piperidine rings is 1. The molecular weight excluding hydrogens is 350 g/mol. The van der Waals surface area contributed by atoms with Crippen LogP contribution in [0.5, 0.6) is 5.75 Å². The largest absolute Gasteiger partial charge is 0.514 e. The highest BCUT2D eigenvalue weighted by Gasteiger charge is 2.24. The molecule has 0 aliphatic carbocycles. The Labute approximate surface area is 159 Å². The summed E-state index contributed by atoms with van der Waals surface area (Å²) in [5, 5.41) is 0. The Morgan fingerprint density at radius 2 is 1.74 bits per heavy atom. The molecule has 1 saturated heterocycles. The number of likely N-dealkylation sites (tertiary alicyclic amines) is 1. The van der Waals surface area contributed by atoms with Gasteiger partial charge in [0.15, 0.2) is 5.75 Å². The predicted molar refractivity (Wildman–Crippen MR) is 100 cm³/mol. The summed E-state index contributed by atoms with van der Waals surface area (Å²) in [6.07, 6.45) is 0.359. The first-order valence-corrected chi connectivity index (χ1v) is 9.16. The molecule has 2 rings (SSSR count). The fourth-order valence-electron chi connectivity index (χ4n) is 2.89. The normalized spacial score (nSPS) is 15.2. The molecule has 0 saturated carbocycles. The lowest BCUT2D eigenvalue weighted by atomic mass is 9.90. The lowest BCUT2D eigenvalue weighted by Crippen LogP contribution is -2.38. The molecule has 1 aliphatic heterocycles. The smallest absolute Gasteiger partial charge is 0.450 e. The maximum absolute atomic E-state index is 12.2. The van der Waals surface area contributed by atoms with Crippen LogP contribution >= 0.6 is 0 Å². The fourth-order valence-corrected chi connectivity index (χ4v) is 2.89. The minimum Gasteiger partial charge on any atom is -0.450 e. The topological polar surface area (TPSA) is 82.1 Å². The van der Waals surface area contributed by atoms with E-state index in [0.29, 0.717) is 19.7 Å². The van der Waals surface area contributed by atoms with E-state index in [4.69, 9.17) is 14.2 Å². The Hall–Kier alpha value is -2.57. The SMILES string of the molecule is CCOC(=O)N1CCC(c2ccc(OC(=O)OC(C)(C)C)c(=O)cc2)CC1. The van der Waals surface area contributed by atoms with E-state index in [1.54, 1.807) is 44.7 Å². The molecule has 0 bridgehead atoms. The van der Waals surface area contributed by atoms with E-state index in [-0.39, 0.29) is 17.8 Å². The first-order chi connectivity index (χ1) is 12.7. The first-order valence-electron chi connectivity index (χ1n) is 9.16. The molecule has 1 aromatic rings. The quantitative estimate of drug-likeness (QED) is 0.747. The summed E-state index contributed by atoms with van der Waals surface area (Å²) in [4.78, 5) is 37.4. The van der Waals surface area contributed by atoms with Gasteiger partial charge in [-0.05, 0) is 64.2 Å². The molecule has 0 aromatic heterocycles. The van der Waals surface area contributed by atoms with Gasteiger partial charge in [-0.15, -0.1) is 0 Å². The van der Waals surface area contributed by atoms with E-state index in [0.717, 1.165) is 18.4 Å². The second kappa shape index (κ2) is 8.88. The van der Waals surface area contributed by atoms with Crippen molar-refractivity contribution >= 4 is 12.2 Å². The number of hydrogen-bond acceptors (Lipinski definition) is 6. The van der Waals surface area contributed by atoms with Crippen molar-refractivity contribution in [3.05, 3.63) is 40.1 Å². The van der Waals surface area contributed by atoms with Gasteiger partial charge >= 0.3 is 12.2 Å². The van der Waals surface area contributed by atoms with Crippen molar-refractivity contribution in [2.24, 2.45) is 0 Å². The van der Waals surface area contributed by atoms with Gasteiger partial charge in [0.05, 0.1) is 6.61 Å². The van der Waals surface area contributed by atoms with Crippen LogP contribution in [0, 0.1) is 0 Å². The second-order valence-electron chi connectivity index (χ2n) is 7.42. The average molecular weight is 377 g/mol. The molecule has 7 heteroatoms. The lowest BCUT2D eigenvalue weighted by Gasteiger charge is -2.31. The van der Waals surface area contributed by atoms with Crippen LogP contribution in [0.4, 0.5) is 9.59 Å². The standard InChI is InChI=1S/C20H27NO6/c1-5-25-18(23)21-12-10-15(11-13-21)14-6-8-16(22)17(9-7-14)26-19(24)27-20(2,3)4/h6-9,15H,5,10-13H2,1-4H3. The molecule has 1 amide bonds. The molecule has 1 heterocycles. The van der Waals surface area contributed by atoms with Crippen molar-refractivity contribution in [1.29, 1.82) is 0 Å². The van der Waals surface area contributed by atoms with Crippen LogP contribution in [0.2, 0.25) is 0 Å². The number of carbonyl (C=O) groups is 2. The number of amides is 1. The zero-order chi connectivity index (χ0) is 20.0. The van der Waals surface area contributed by atoms with Gasteiger partial charge in [-0.3, -0.25) is 4.79 Å². The summed E-state index contributed by atoms with van der Waals surface area (Å²) in [5.74, 6) is 0.149. The molecule has 1 fully saturated rings. The Morgan fingerprint density at radius 1 is 1.11 bits per heavy atom. The number of ether oxygens (including phenoxy) is 3. The zero-order valence-electron chi connectivity index (χ0n) is 16.3. The third-order valence-electron chi connectivity index (χ3n) is 4.17. The van der Waals surface area contributed by atoms with Gasteiger partial charge in [0.1, 0.15) is 5.60 Å². The van der Waals surface area contributed by atoms with Gasteiger partial charge in [0.2, 0.25) is 5.43 Å². The Balaban J connectivity index is 2.04. The van der Waals surface area contributed by atoms with Crippen LogP contribution in [-0.4, -0.2) is 42.4 Å². The molecule has 1 aromatic carbocycles. The van der Waals surface area contributed by atoms with Crippen molar-refractivity contribution in [3.63, 3.8) is 0 Å². The van der Waals surface area contributed by atoms with Gasteiger partial charge in [0, 0.05) is 13.1 Å². The van der Waals surface area contributed by atoms with E-state index in [1.165, 1.54) is 12.1 Å². The average Bonchev–Trinajstić information content (AvgIpc) is 2.76. The van der Waals surface area contributed by atoms with Crippen molar-refractivity contribution in [2.75, 3.05) is 19.7 Å². The molecule has 1 aliphatic rings. The molecule has 0 radical (unpaired) electrons. The van der Waals surface area contributed by atoms with Crippen molar-refractivity contribution in [2.45, 2.75) is 52.1 Å². The minimum absolute atomic E-state index is 0.0699. The van der Waals surface area contributed by atoms with E-state index in [1.807, 2.05) is 0 Å². The van der Waals surface area contributed by atoms with E-state index < -0.39 is 17.2 Å². The van der Waals surface area contributed by atoms with E-state index in [2.05, 4.69) is 0 Å². The van der Waals surface area contributed by atoms with Crippen LogP contribution in [0.1, 0.15) is 52.0 Å². The molecule has 0 atom stereocenters. The molecule has 0 N–H and O–H groups in total. The van der Waals surface area contributed by atoms with E-state index >= 15 is 0 Å². The van der Waals surface area contributed by atoms with Gasteiger partial charge < -0.3 is 19.1 Å². The molecule has 0 unspecified atom stereocenters. The number of hydrogen-bond donors (Lipinski definition) is 0. The van der Waals surface area contributed by atoms with Gasteiger partial charge in [0.25, 0.3) is 0 Å². The van der Waals surface area contributed by atoms with Gasteiger partial charge in [-0.1, -0.05) is 12.1 Å². The summed E-state index contributed by atoms with van der Waals surface area (Å²) in [7, 11) is 0. The van der Waals surface area contributed by atoms with Crippen LogP contribution in [0.15, 0.2) is 29.1 Å². The first kappa shape index (κ1) is 20.7. The Bertz CT molecular complexity index is 732. The summed E-state index contributed by atoms with van der Waals surface area (Å²) in [5.41, 5.74) is -0.125. The number of nitrogens with zero attached hydrogens (tertiary/aromatic N) is 1. The Kier molecular flexibility index (Phi) is 6.82. The number of rotatable bonds is 3. The van der Waals surface area contributed by atoms with Crippen LogP contribution in [0.25, 0.3) is 0 Å². The lowest BCUT2D eigenvalue weighted by molar-refractivity contribution is 0.0204. The maximum Gasteiger partial charge on any atom is 0.514 e. The minimum atomic E-state index is -0.907. The molecule has 27 heavy (non-hydrogen) atoms. The number of carbonyl (C=O) groups excluding carboxylic acids is 2. The summed E-state index contributed by atoms with van der Waals surface area (Å²) in [6, 6.07) is 6.42. The van der Waals surface area contributed by atoms with Gasteiger partial charge in [-0.25, -0.2) is 9.59 Å². The molecule has 0 spiro atoms. The van der Waals surface area contributed by atoms with Crippen LogP contribution in [0.3, 0.4) is 0 Å². The molecular formula is C20H27NO6. The molecule has 148 valence electrons. The highest BCUT2D eigenvalue weighted by Crippen LogP contribution is 2.28. The molecule has 7 nitrogen and oxygen atoms in total. The summed E-state index contributed by atoms with van der Waals surface area (Å²) < 4.78 is 15.2.